The van der Waals surface area contributed by atoms with Gasteiger partial charge < -0.3 is 4.74 Å². The Morgan fingerprint density at radius 1 is 1.06 bits per heavy atom. The summed E-state index contributed by atoms with van der Waals surface area (Å²) in [5.74, 6) is -0.462. The molecule has 3 saturated heterocycles. The zero-order chi connectivity index (χ0) is 21.3. The molecule has 0 amide bonds. The first-order valence-corrected chi connectivity index (χ1v) is 12.7. The van der Waals surface area contributed by atoms with Crippen LogP contribution in [0.3, 0.4) is 0 Å². The number of likely N-dealkylation sites (tertiary alicyclic amines) is 1. The summed E-state index contributed by atoms with van der Waals surface area (Å²) in [6.07, 6.45) is 6.62. The van der Waals surface area contributed by atoms with Crippen LogP contribution >= 0.6 is 0 Å². The zero-order valence-corrected chi connectivity index (χ0v) is 18.4. The molecular formula is C23H28FN3O3S. The molecule has 166 valence electrons. The van der Waals surface area contributed by atoms with Gasteiger partial charge in [-0.15, -0.1) is 0 Å². The van der Waals surface area contributed by atoms with Crippen molar-refractivity contribution in [2.24, 2.45) is 10.8 Å². The first-order valence-electron chi connectivity index (χ1n) is 11.2. The maximum Gasteiger partial charge on any atom is 0.243 e. The second-order valence-electron chi connectivity index (χ2n) is 10.2. The number of aromatic nitrogens is 1. The summed E-state index contributed by atoms with van der Waals surface area (Å²) in [6.45, 7) is 5.31. The number of hydrogen-bond donors (Lipinski definition) is 0. The number of sulfonamides is 1. The summed E-state index contributed by atoms with van der Waals surface area (Å²) in [5.41, 5.74) is 1.33. The van der Waals surface area contributed by atoms with E-state index in [4.69, 9.17) is 4.74 Å². The topological polar surface area (TPSA) is 62.7 Å². The van der Waals surface area contributed by atoms with Gasteiger partial charge in [0.25, 0.3) is 0 Å². The largest absolute Gasteiger partial charge is 0.380 e. The van der Waals surface area contributed by atoms with E-state index < -0.39 is 15.8 Å². The highest BCUT2D eigenvalue weighted by molar-refractivity contribution is 7.89. The van der Waals surface area contributed by atoms with Crippen LogP contribution in [0.5, 0.6) is 0 Å². The Morgan fingerprint density at radius 2 is 1.84 bits per heavy atom. The molecule has 2 spiro atoms. The van der Waals surface area contributed by atoms with E-state index in [1.54, 1.807) is 22.5 Å². The maximum absolute atomic E-state index is 13.5. The van der Waals surface area contributed by atoms with Crippen LogP contribution in [0.1, 0.15) is 32.1 Å². The molecule has 0 N–H and O–H groups in total. The summed E-state index contributed by atoms with van der Waals surface area (Å²) in [5, 5.41) is 0.511. The Balaban J connectivity index is 1.12. The van der Waals surface area contributed by atoms with E-state index in [0.717, 1.165) is 32.3 Å². The number of ether oxygens (including phenoxy) is 1. The molecule has 6 rings (SSSR count). The fraction of sp³-hybridized carbons (Fsp3) is 0.609. The number of halogens is 1. The van der Waals surface area contributed by atoms with Crippen LogP contribution in [0.2, 0.25) is 0 Å². The van der Waals surface area contributed by atoms with E-state index in [0.29, 0.717) is 35.4 Å². The SMILES string of the molecule is O=S(=O)(c1ccc2ncc(F)cc2c1)N1CCC2(CCC(N3CC4(COC4)C3)C2)CC1. The summed E-state index contributed by atoms with van der Waals surface area (Å²) in [4.78, 5) is 6.87. The minimum Gasteiger partial charge on any atom is -0.380 e. The Morgan fingerprint density at radius 3 is 2.55 bits per heavy atom. The van der Waals surface area contributed by atoms with Gasteiger partial charge in [-0.1, -0.05) is 0 Å². The molecule has 4 aliphatic rings. The van der Waals surface area contributed by atoms with Gasteiger partial charge in [0.2, 0.25) is 10.0 Å². The fourth-order valence-corrected chi connectivity index (χ4v) is 7.66. The number of pyridine rings is 1. The molecule has 1 saturated carbocycles. The average Bonchev–Trinajstić information content (AvgIpc) is 3.08. The van der Waals surface area contributed by atoms with Gasteiger partial charge in [-0.2, -0.15) is 4.31 Å². The lowest BCUT2D eigenvalue weighted by Gasteiger charge is -2.57. The number of nitrogens with zero attached hydrogens (tertiary/aromatic N) is 3. The summed E-state index contributed by atoms with van der Waals surface area (Å²) >= 11 is 0. The van der Waals surface area contributed by atoms with Crippen LogP contribution in [-0.4, -0.2) is 68.0 Å². The van der Waals surface area contributed by atoms with Crippen LogP contribution in [0.15, 0.2) is 35.4 Å². The Bertz CT molecular complexity index is 1120. The normalized spacial score (nSPS) is 28.1. The molecule has 8 heteroatoms. The van der Waals surface area contributed by atoms with Crippen LogP contribution in [0.25, 0.3) is 10.9 Å². The molecule has 1 unspecified atom stereocenters. The highest BCUT2D eigenvalue weighted by atomic mass is 32.2. The van der Waals surface area contributed by atoms with E-state index in [9.17, 15) is 12.8 Å². The van der Waals surface area contributed by atoms with Crippen molar-refractivity contribution in [2.75, 3.05) is 39.4 Å². The zero-order valence-electron chi connectivity index (χ0n) is 17.6. The molecule has 31 heavy (non-hydrogen) atoms. The molecule has 0 radical (unpaired) electrons. The number of hydrogen-bond acceptors (Lipinski definition) is 5. The van der Waals surface area contributed by atoms with Gasteiger partial charge in [-0.3, -0.25) is 9.88 Å². The standard InChI is InChI=1S/C23H28FN3O3S/c24-18-9-17-10-20(1-2-21(17)25-12-18)31(28,29)27-7-5-22(6-8-27)4-3-19(11-22)26-13-23(14-26)15-30-16-23/h1-2,9-10,12,19H,3-8,11,13-16H2. The van der Waals surface area contributed by atoms with Gasteiger partial charge in [0.15, 0.2) is 0 Å². The van der Waals surface area contributed by atoms with Crippen molar-refractivity contribution in [1.29, 1.82) is 0 Å². The van der Waals surface area contributed by atoms with E-state index >= 15 is 0 Å². The van der Waals surface area contributed by atoms with Gasteiger partial charge in [-0.25, -0.2) is 12.8 Å². The fourth-order valence-electron chi connectivity index (χ4n) is 6.18. The second kappa shape index (κ2) is 6.94. The van der Waals surface area contributed by atoms with Gasteiger partial charge >= 0.3 is 0 Å². The predicted molar refractivity (Wildman–Crippen MR) is 115 cm³/mol. The van der Waals surface area contributed by atoms with Gasteiger partial charge in [-0.05, 0) is 61.8 Å². The number of rotatable bonds is 3. The molecule has 1 aromatic heterocycles. The first kappa shape index (κ1) is 20.0. The molecule has 2 aromatic rings. The molecule has 0 bridgehead atoms. The molecule has 3 aliphatic heterocycles. The van der Waals surface area contributed by atoms with Crippen LogP contribution < -0.4 is 0 Å². The summed E-state index contributed by atoms with van der Waals surface area (Å²) in [7, 11) is -3.59. The maximum atomic E-state index is 13.5. The molecule has 4 fully saturated rings. The van der Waals surface area contributed by atoms with Crippen molar-refractivity contribution in [3.05, 3.63) is 36.3 Å². The Kier molecular flexibility index (Phi) is 4.49. The van der Waals surface area contributed by atoms with Crippen molar-refractivity contribution in [2.45, 2.75) is 43.0 Å². The Labute approximate surface area is 182 Å². The molecule has 1 aromatic carbocycles. The van der Waals surface area contributed by atoms with Gasteiger partial charge in [0.1, 0.15) is 5.82 Å². The predicted octanol–water partition coefficient (Wildman–Crippen LogP) is 3.03. The van der Waals surface area contributed by atoms with Crippen molar-refractivity contribution >= 4 is 20.9 Å². The highest BCUT2D eigenvalue weighted by Gasteiger charge is 2.53. The van der Waals surface area contributed by atoms with Crippen LogP contribution in [0.4, 0.5) is 4.39 Å². The minimum absolute atomic E-state index is 0.223. The lowest BCUT2D eigenvalue weighted by Crippen LogP contribution is -2.67. The first-order chi connectivity index (χ1) is 14.9. The average molecular weight is 446 g/mol. The third kappa shape index (κ3) is 3.30. The van der Waals surface area contributed by atoms with E-state index in [1.165, 1.54) is 38.4 Å². The molecular weight excluding hydrogens is 417 g/mol. The lowest BCUT2D eigenvalue weighted by molar-refractivity contribution is -0.198. The van der Waals surface area contributed by atoms with E-state index in [1.807, 2.05) is 0 Å². The van der Waals surface area contributed by atoms with Gasteiger partial charge in [0, 0.05) is 43.0 Å². The van der Waals surface area contributed by atoms with Crippen molar-refractivity contribution in [3.63, 3.8) is 0 Å². The Hall–Kier alpha value is -1.61. The number of fused-ring (bicyclic) bond motifs is 1. The molecule has 1 atom stereocenters. The molecule has 6 nitrogen and oxygen atoms in total. The third-order valence-electron chi connectivity index (χ3n) is 8.13. The van der Waals surface area contributed by atoms with E-state index in [2.05, 4.69) is 9.88 Å². The minimum atomic E-state index is -3.59. The highest BCUT2D eigenvalue weighted by Crippen LogP contribution is 2.51. The van der Waals surface area contributed by atoms with Crippen molar-refractivity contribution in [3.8, 4) is 0 Å². The molecule has 4 heterocycles. The van der Waals surface area contributed by atoms with Gasteiger partial charge in [0.05, 0.1) is 29.8 Å². The van der Waals surface area contributed by atoms with Crippen molar-refractivity contribution < 1.29 is 17.5 Å². The third-order valence-corrected chi connectivity index (χ3v) is 10.0. The quantitative estimate of drug-likeness (QED) is 0.727. The second-order valence-corrected chi connectivity index (χ2v) is 12.1. The van der Waals surface area contributed by atoms with E-state index in [-0.39, 0.29) is 10.3 Å². The van der Waals surface area contributed by atoms with Crippen molar-refractivity contribution in [1.82, 2.24) is 14.2 Å². The summed E-state index contributed by atoms with van der Waals surface area (Å²) < 4.78 is 47.1. The summed E-state index contributed by atoms with van der Waals surface area (Å²) in [6, 6.07) is 6.77. The number of piperidine rings is 1. The smallest absolute Gasteiger partial charge is 0.243 e. The van der Waals surface area contributed by atoms with Crippen LogP contribution in [0, 0.1) is 16.6 Å². The van der Waals surface area contributed by atoms with Crippen LogP contribution in [-0.2, 0) is 14.8 Å². The monoisotopic (exact) mass is 445 g/mol. The number of benzene rings is 1. The lowest BCUT2D eigenvalue weighted by atomic mass is 9.75. The molecule has 1 aliphatic carbocycles.